The van der Waals surface area contributed by atoms with Gasteiger partial charge in [0.2, 0.25) is 5.91 Å². The maximum atomic E-state index is 12.6. The van der Waals surface area contributed by atoms with Gasteiger partial charge in [0, 0.05) is 18.2 Å². The second-order valence-corrected chi connectivity index (χ2v) is 7.18. The molecule has 28 heavy (non-hydrogen) atoms. The van der Waals surface area contributed by atoms with Gasteiger partial charge in [0.15, 0.2) is 6.61 Å². The van der Waals surface area contributed by atoms with Crippen LogP contribution >= 0.6 is 0 Å². The van der Waals surface area contributed by atoms with E-state index in [2.05, 4.69) is 34.5 Å². The van der Waals surface area contributed by atoms with Crippen LogP contribution in [0.3, 0.4) is 0 Å². The summed E-state index contributed by atoms with van der Waals surface area (Å²) in [7, 11) is 0. The van der Waals surface area contributed by atoms with E-state index in [4.69, 9.17) is 9.84 Å². The third-order valence-corrected chi connectivity index (χ3v) is 5.03. The number of benzene rings is 2. The molecule has 0 spiro atoms. The average Bonchev–Trinajstić information content (AvgIpc) is 2.69. The molecule has 0 aromatic heterocycles. The Morgan fingerprint density at radius 2 is 1.86 bits per heavy atom. The van der Waals surface area contributed by atoms with Crippen LogP contribution in [0.1, 0.15) is 24.0 Å². The zero-order chi connectivity index (χ0) is 19.9. The fraction of sp³-hybridized carbons (Fsp3) is 0.364. The topological polar surface area (TPSA) is 78.9 Å². The van der Waals surface area contributed by atoms with Crippen LogP contribution in [0.2, 0.25) is 0 Å². The molecule has 0 atom stereocenters. The van der Waals surface area contributed by atoms with E-state index < -0.39 is 5.97 Å². The average molecular weight is 382 g/mol. The summed E-state index contributed by atoms with van der Waals surface area (Å²) in [6.45, 7) is 4.23. The quantitative estimate of drug-likeness (QED) is 0.768. The summed E-state index contributed by atoms with van der Waals surface area (Å²) in [6, 6.07) is 15.6. The van der Waals surface area contributed by atoms with Crippen molar-refractivity contribution in [2.75, 3.05) is 25.0 Å². The summed E-state index contributed by atoms with van der Waals surface area (Å²) in [5, 5.41) is 11.7. The number of aliphatic carboxylic acids is 1. The Morgan fingerprint density at radius 1 is 1.14 bits per heavy atom. The van der Waals surface area contributed by atoms with Crippen molar-refractivity contribution < 1.29 is 19.4 Å². The van der Waals surface area contributed by atoms with Crippen LogP contribution in [0.25, 0.3) is 0 Å². The lowest BCUT2D eigenvalue weighted by Crippen LogP contribution is -2.37. The van der Waals surface area contributed by atoms with Gasteiger partial charge in [-0.05, 0) is 62.2 Å². The molecule has 2 aromatic rings. The van der Waals surface area contributed by atoms with Crippen LogP contribution in [0.15, 0.2) is 48.5 Å². The Morgan fingerprint density at radius 3 is 2.50 bits per heavy atom. The molecule has 1 aliphatic rings. The van der Waals surface area contributed by atoms with Crippen molar-refractivity contribution in [3.8, 4) is 5.75 Å². The Hall–Kier alpha value is -2.86. The van der Waals surface area contributed by atoms with Crippen molar-refractivity contribution in [2.45, 2.75) is 26.3 Å². The zero-order valence-electron chi connectivity index (χ0n) is 16.1. The van der Waals surface area contributed by atoms with Crippen LogP contribution in [0, 0.1) is 12.8 Å². The largest absolute Gasteiger partial charge is 0.482 e. The third-order valence-electron chi connectivity index (χ3n) is 5.03. The molecule has 3 rings (SSSR count). The first-order valence-electron chi connectivity index (χ1n) is 9.53. The highest BCUT2D eigenvalue weighted by atomic mass is 16.5. The van der Waals surface area contributed by atoms with Crippen LogP contribution in [-0.4, -0.2) is 41.6 Å². The fourth-order valence-corrected chi connectivity index (χ4v) is 3.44. The number of anilines is 1. The number of piperidine rings is 1. The molecule has 1 heterocycles. The second kappa shape index (κ2) is 9.37. The predicted octanol–water partition coefficient (Wildman–Crippen LogP) is 3.31. The monoisotopic (exact) mass is 382 g/mol. The number of carboxylic acids is 1. The highest BCUT2D eigenvalue weighted by molar-refractivity contribution is 5.93. The number of rotatable bonds is 7. The molecule has 1 fully saturated rings. The van der Waals surface area contributed by atoms with Gasteiger partial charge in [-0.1, -0.05) is 30.3 Å². The Labute approximate surface area is 165 Å². The molecule has 0 saturated carbocycles. The molecule has 1 aliphatic heterocycles. The van der Waals surface area contributed by atoms with Gasteiger partial charge in [-0.15, -0.1) is 0 Å². The molecule has 6 nitrogen and oxygen atoms in total. The maximum Gasteiger partial charge on any atom is 0.341 e. The van der Waals surface area contributed by atoms with Gasteiger partial charge in [-0.3, -0.25) is 9.69 Å². The second-order valence-electron chi connectivity index (χ2n) is 7.18. The molecule has 0 unspecified atom stereocenters. The summed E-state index contributed by atoms with van der Waals surface area (Å²) < 4.78 is 5.17. The first kappa shape index (κ1) is 19.9. The molecule has 0 aliphatic carbocycles. The number of likely N-dealkylation sites (tertiary alicyclic amines) is 1. The summed E-state index contributed by atoms with van der Waals surface area (Å²) >= 11 is 0. The van der Waals surface area contributed by atoms with Gasteiger partial charge < -0.3 is 15.2 Å². The maximum absolute atomic E-state index is 12.6. The lowest BCUT2D eigenvalue weighted by molar-refractivity contribution is -0.139. The molecule has 1 amide bonds. The van der Waals surface area contributed by atoms with E-state index in [0.29, 0.717) is 5.75 Å². The number of nitrogens with zero attached hydrogens (tertiary/aromatic N) is 1. The fourth-order valence-electron chi connectivity index (χ4n) is 3.44. The Bertz CT molecular complexity index is 815. The number of carbonyl (C=O) groups is 2. The zero-order valence-corrected chi connectivity index (χ0v) is 16.1. The number of ether oxygens (including phenoxy) is 1. The number of aryl methyl sites for hydroxylation is 1. The summed E-state index contributed by atoms with van der Waals surface area (Å²) in [5.74, 6) is -0.489. The van der Waals surface area contributed by atoms with E-state index in [9.17, 15) is 9.59 Å². The number of hydrogen-bond acceptors (Lipinski definition) is 4. The predicted molar refractivity (Wildman–Crippen MR) is 107 cm³/mol. The molecule has 148 valence electrons. The van der Waals surface area contributed by atoms with Crippen molar-refractivity contribution >= 4 is 17.6 Å². The molecule has 6 heteroatoms. The molecule has 0 bridgehead atoms. The third kappa shape index (κ3) is 5.57. The lowest BCUT2D eigenvalue weighted by Gasteiger charge is -2.31. The van der Waals surface area contributed by atoms with E-state index in [1.54, 1.807) is 18.2 Å². The van der Waals surface area contributed by atoms with Crippen LogP contribution < -0.4 is 10.1 Å². The number of nitrogens with one attached hydrogen (secondary N) is 1. The van der Waals surface area contributed by atoms with Crippen molar-refractivity contribution in [1.29, 1.82) is 0 Å². The minimum Gasteiger partial charge on any atom is -0.482 e. The molecule has 2 N–H and O–H groups in total. The van der Waals surface area contributed by atoms with Gasteiger partial charge in [0.25, 0.3) is 0 Å². The van der Waals surface area contributed by atoms with Crippen LogP contribution in [-0.2, 0) is 16.1 Å². The number of amides is 1. The van der Waals surface area contributed by atoms with Crippen LogP contribution in [0.5, 0.6) is 5.75 Å². The van der Waals surface area contributed by atoms with E-state index in [1.165, 1.54) is 5.56 Å². The van der Waals surface area contributed by atoms with Crippen molar-refractivity contribution in [3.05, 3.63) is 59.7 Å². The van der Waals surface area contributed by atoms with Gasteiger partial charge >= 0.3 is 5.97 Å². The van der Waals surface area contributed by atoms with Crippen LogP contribution in [0.4, 0.5) is 5.69 Å². The summed E-state index contributed by atoms with van der Waals surface area (Å²) in [5.41, 5.74) is 2.88. The van der Waals surface area contributed by atoms with Gasteiger partial charge in [0.1, 0.15) is 5.75 Å². The standard InChI is InChI=1S/C22H26N2O4/c1-16-13-19(28-15-21(25)26)7-8-20(16)23-22(27)18-9-11-24(12-10-18)14-17-5-3-2-4-6-17/h2-8,13,18H,9-12,14-15H2,1H3,(H,23,27)(H,25,26). The molecular weight excluding hydrogens is 356 g/mol. The van der Waals surface area contributed by atoms with E-state index in [-0.39, 0.29) is 18.4 Å². The van der Waals surface area contributed by atoms with Crippen molar-refractivity contribution in [2.24, 2.45) is 5.92 Å². The van der Waals surface area contributed by atoms with Gasteiger partial charge in [-0.2, -0.15) is 0 Å². The number of carbonyl (C=O) groups excluding carboxylic acids is 1. The highest BCUT2D eigenvalue weighted by Gasteiger charge is 2.25. The van der Waals surface area contributed by atoms with E-state index in [1.807, 2.05) is 13.0 Å². The molecular formula is C22H26N2O4. The first-order chi connectivity index (χ1) is 13.5. The minimum atomic E-state index is -1.02. The van der Waals surface area contributed by atoms with Crippen molar-refractivity contribution in [3.63, 3.8) is 0 Å². The Balaban J connectivity index is 1.49. The molecule has 1 saturated heterocycles. The minimum absolute atomic E-state index is 0.00867. The SMILES string of the molecule is Cc1cc(OCC(=O)O)ccc1NC(=O)C1CCN(Cc2ccccc2)CC1. The first-order valence-corrected chi connectivity index (χ1v) is 9.53. The molecule has 2 aromatic carbocycles. The molecule has 0 radical (unpaired) electrons. The lowest BCUT2D eigenvalue weighted by atomic mass is 9.95. The Kier molecular flexibility index (Phi) is 6.66. The summed E-state index contributed by atoms with van der Waals surface area (Å²) in [6.07, 6.45) is 1.69. The smallest absolute Gasteiger partial charge is 0.341 e. The highest BCUT2D eigenvalue weighted by Crippen LogP contribution is 2.24. The van der Waals surface area contributed by atoms with Crippen molar-refractivity contribution in [1.82, 2.24) is 4.90 Å². The van der Waals surface area contributed by atoms with E-state index in [0.717, 1.165) is 43.7 Å². The van der Waals surface area contributed by atoms with Gasteiger partial charge in [0.05, 0.1) is 0 Å². The van der Waals surface area contributed by atoms with E-state index >= 15 is 0 Å². The summed E-state index contributed by atoms with van der Waals surface area (Å²) in [4.78, 5) is 25.6. The van der Waals surface area contributed by atoms with Gasteiger partial charge in [-0.25, -0.2) is 4.79 Å². The number of hydrogen-bond donors (Lipinski definition) is 2. The normalized spacial score (nSPS) is 15.2. The number of carboxylic acid groups (broad SMARTS) is 1.